The van der Waals surface area contributed by atoms with E-state index in [1.807, 2.05) is 0 Å². The lowest BCUT2D eigenvalue weighted by atomic mass is 10.1. The van der Waals surface area contributed by atoms with Crippen LogP contribution >= 0.6 is 0 Å². The predicted octanol–water partition coefficient (Wildman–Crippen LogP) is -0.367. The van der Waals surface area contributed by atoms with Gasteiger partial charge in [-0.25, -0.2) is 0 Å². The SMILES string of the molecule is CS(=O)c1ccc(CNC(=O)C(N)CCC(N)=O)cc1. The van der Waals surface area contributed by atoms with E-state index in [1.54, 1.807) is 30.5 Å². The zero-order valence-electron chi connectivity index (χ0n) is 11.3. The number of carbonyl (C=O) groups is 2. The third kappa shape index (κ3) is 5.50. The maximum Gasteiger partial charge on any atom is 0.237 e. The molecule has 2 unspecified atom stereocenters. The first-order valence-corrected chi connectivity index (χ1v) is 7.70. The highest BCUT2D eigenvalue weighted by molar-refractivity contribution is 7.84. The number of primary amides is 1. The van der Waals surface area contributed by atoms with Crippen LogP contribution in [0.25, 0.3) is 0 Å². The molecule has 2 atom stereocenters. The molecule has 1 aromatic rings. The van der Waals surface area contributed by atoms with Crippen LogP contribution in [0.3, 0.4) is 0 Å². The smallest absolute Gasteiger partial charge is 0.237 e. The summed E-state index contributed by atoms with van der Waals surface area (Å²) in [5, 5.41) is 2.68. The first-order chi connectivity index (χ1) is 9.40. The van der Waals surface area contributed by atoms with Gasteiger partial charge < -0.3 is 16.8 Å². The molecule has 0 heterocycles. The Hall–Kier alpha value is -1.73. The van der Waals surface area contributed by atoms with Crippen LogP contribution in [-0.2, 0) is 26.9 Å². The average molecular weight is 297 g/mol. The highest BCUT2D eigenvalue weighted by Gasteiger charge is 2.13. The van der Waals surface area contributed by atoms with Gasteiger partial charge in [0, 0.05) is 34.9 Å². The van der Waals surface area contributed by atoms with Gasteiger partial charge in [0.25, 0.3) is 0 Å². The van der Waals surface area contributed by atoms with Gasteiger partial charge in [-0.2, -0.15) is 0 Å². The average Bonchev–Trinajstić information content (AvgIpc) is 2.42. The molecule has 0 saturated carbocycles. The van der Waals surface area contributed by atoms with Crippen LogP contribution in [0.15, 0.2) is 29.2 Å². The number of amides is 2. The lowest BCUT2D eigenvalue weighted by Gasteiger charge is -2.11. The Kier molecular flexibility index (Phi) is 6.33. The minimum Gasteiger partial charge on any atom is -0.370 e. The maximum atomic E-state index is 11.7. The second-order valence-corrected chi connectivity index (χ2v) is 5.81. The van der Waals surface area contributed by atoms with E-state index in [0.717, 1.165) is 10.5 Å². The lowest BCUT2D eigenvalue weighted by molar-refractivity contribution is -0.123. The largest absolute Gasteiger partial charge is 0.370 e. The number of hydrogen-bond acceptors (Lipinski definition) is 4. The Morgan fingerprint density at radius 2 is 1.90 bits per heavy atom. The van der Waals surface area contributed by atoms with Gasteiger partial charge in [0.1, 0.15) is 0 Å². The van der Waals surface area contributed by atoms with Crippen molar-refractivity contribution in [3.05, 3.63) is 29.8 Å². The lowest BCUT2D eigenvalue weighted by Crippen LogP contribution is -2.40. The molecule has 0 spiro atoms. The second kappa shape index (κ2) is 7.76. The third-order valence-electron chi connectivity index (χ3n) is 2.76. The molecule has 2 amide bonds. The van der Waals surface area contributed by atoms with Crippen molar-refractivity contribution in [1.29, 1.82) is 0 Å². The van der Waals surface area contributed by atoms with Gasteiger partial charge in [0.15, 0.2) is 0 Å². The minimum absolute atomic E-state index is 0.0889. The van der Waals surface area contributed by atoms with E-state index in [-0.39, 0.29) is 18.7 Å². The molecule has 0 aliphatic carbocycles. The Morgan fingerprint density at radius 3 is 2.40 bits per heavy atom. The van der Waals surface area contributed by atoms with Crippen LogP contribution < -0.4 is 16.8 Å². The summed E-state index contributed by atoms with van der Waals surface area (Å²) in [4.78, 5) is 23.0. The summed E-state index contributed by atoms with van der Waals surface area (Å²) in [6.45, 7) is 0.333. The zero-order chi connectivity index (χ0) is 15.1. The summed E-state index contributed by atoms with van der Waals surface area (Å²) >= 11 is 0. The fourth-order valence-electron chi connectivity index (χ4n) is 1.55. The second-order valence-electron chi connectivity index (χ2n) is 4.43. The molecule has 0 aromatic heterocycles. The van der Waals surface area contributed by atoms with Crippen LogP contribution in [0.2, 0.25) is 0 Å². The van der Waals surface area contributed by atoms with Gasteiger partial charge >= 0.3 is 0 Å². The van der Waals surface area contributed by atoms with Gasteiger partial charge in [-0.15, -0.1) is 0 Å². The first-order valence-electron chi connectivity index (χ1n) is 6.14. The van der Waals surface area contributed by atoms with E-state index in [4.69, 9.17) is 11.5 Å². The molecule has 1 aromatic carbocycles. The molecule has 0 radical (unpaired) electrons. The summed E-state index contributed by atoms with van der Waals surface area (Å²) < 4.78 is 11.2. The van der Waals surface area contributed by atoms with Crippen molar-refractivity contribution in [3.8, 4) is 0 Å². The number of benzene rings is 1. The topological polar surface area (TPSA) is 115 Å². The molecule has 0 fully saturated rings. The molecule has 0 aliphatic heterocycles. The van der Waals surface area contributed by atoms with Crippen LogP contribution in [0.1, 0.15) is 18.4 Å². The summed E-state index contributed by atoms with van der Waals surface area (Å²) in [5.74, 6) is -0.800. The molecule has 6 nitrogen and oxygen atoms in total. The predicted molar refractivity (Wildman–Crippen MR) is 77.0 cm³/mol. The van der Waals surface area contributed by atoms with Gasteiger partial charge in [0.05, 0.1) is 6.04 Å². The maximum absolute atomic E-state index is 11.7. The van der Waals surface area contributed by atoms with Crippen molar-refractivity contribution in [2.24, 2.45) is 11.5 Å². The number of nitrogens with two attached hydrogens (primary N) is 2. The van der Waals surface area contributed by atoms with Crippen molar-refractivity contribution in [2.45, 2.75) is 30.3 Å². The Bertz CT molecular complexity index is 502. The number of carbonyl (C=O) groups excluding carboxylic acids is 2. The third-order valence-corrected chi connectivity index (χ3v) is 3.70. The van der Waals surface area contributed by atoms with Crippen molar-refractivity contribution in [1.82, 2.24) is 5.32 Å². The van der Waals surface area contributed by atoms with Crippen LogP contribution in [-0.4, -0.2) is 28.3 Å². The molecule has 20 heavy (non-hydrogen) atoms. The Labute approximate surface area is 120 Å². The van der Waals surface area contributed by atoms with E-state index in [2.05, 4.69) is 5.32 Å². The highest BCUT2D eigenvalue weighted by Crippen LogP contribution is 2.07. The molecule has 110 valence electrons. The summed E-state index contributed by atoms with van der Waals surface area (Å²) in [7, 11) is -1.02. The fourth-order valence-corrected chi connectivity index (χ4v) is 2.07. The number of nitrogens with one attached hydrogen (secondary N) is 1. The number of rotatable bonds is 7. The van der Waals surface area contributed by atoms with Crippen molar-refractivity contribution in [3.63, 3.8) is 0 Å². The molecule has 5 N–H and O–H groups in total. The zero-order valence-corrected chi connectivity index (χ0v) is 12.1. The molecular weight excluding hydrogens is 278 g/mol. The van der Waals surface area contributed by atoms with Gasteiger partial charge in [-0.1, -0.05) is 12.1 Å². The molecule has 0 bridgehead atoms. The van der Waals surface area contributed by atoms with Gasteiger partial charge in [-0.3, -0.25) is 13.8 Å². The number of hydrogen-bond donors (Lipinski definition) is 3. The highest BCUT2D eigenvalue weighted by atomic mass is 32.2. The van der Waals surface area contributed by atoms with Crippen LogP contribution in [0.4, 0.5) is 0 Å². The van der Waals surface area contributed by atoms with E-state index >= 15 is 0 Å². The summed E-state index contributed by atoms with van der Waals surface area (Å²) in [5.41, 5.74) is 11.5. The molecule has 1 rings (SSSR count). The minimum atomic E-state index is -1.02. The Balaban J connectivity index is 2.44. The normalized spacial score (nSPS) is 13.5. The van der Waals surface area contributed by atoms with E-state index in [0.29, 0.717) is 6.54 Å². The van der Waals surface area contributed by atoms with Crippen molar-refractivity contribution in [2.75, 3.05) is 6.26 Å². The molecular formula is C13H19N3O3S. The summed E-state index contributed by atoms with van der Waals surface area (Å²) in [6, 6.07) is 6.36. The van der Waals surface area contributed by atoms with Gasteiger partial charge in [0.2, 0.25) is 11.8 Å². The first kappa shape index (κ1) is 16.3. The quantitative estimate of drug-likeness (QED) is 0.637. The van der Waals surface area contributed by atoms with Crippen molar-refractivity contribution >= 4 is 22.6 Å². The summed E-state index contributed by atoms with van der Waals surface area (Å²) in [6.07, 6.45) is 1.93. The molecule has 0 aliphatic rings. The fraction of sp³-hybridized carbons (Fsp3) is 0.385. The Morgan fingerprint density at radius 1 is 1.30 bits per heavy atom. The van der Waals surface area contributed by atoms with Crippen LogP contribution in [0.5, 0.6) is 0 Å². The molecule has 0 saturated heterocycles. The van der Waals surface area contributed by atoms with E-state index in [1.165, 1.54) is 0 Å². The van der Waals surface area contributed by atoms with E-state index < -0.39 is 22.7 Å². The standard InChI is InChI=1S/C13H19N3O3S/c1-20(19)10-4-2-9(3-5-10)8-16-13(18)11(14)6-7-12(15)17/h2-5,11H,6-8,14H2,1H3,(H2,15,17)(H,16,18). The monoisotopic (exact) mass is 297 g/mol. The van der Waals surface area contributed by atoms with E-state index in [9.17, 15) is 13.8 Å². The molecule has 7 heteroatoms. The van der Waals surface area contributed by atoms with Crippen LogP contribution in [0, 0.1) is 0 Å². The van der Waals surface area contributed by atoms with Gasteiger partial charge in [-0.05, 0) is 24.1 Å². The van der Waals surface area contributed by atoms with Crippen molar-refractivity contribution < 1.29 is 13.8 Å².